The van der Waals surface area contributed by atoms with Gasteiger partial charge >= 0.3 is 5.97 Å². The molecule has 4 aromatic rings. The Morgan fingerprint density at radius 1 is 0.971 bits per heavy atom. The van der Waals surface area contributed by atoms with Crippen LogP contribution in [0.15, 0.2) is 78.0 Å². The van der Waals surface area contributed by atoms with Gasteiger partial charge in [0.1, 0.15) is 11.6 Å². The van der Waals surface area contributed by atoms with Gasteiger partial charge in [-0.25, -0.2) is 13.6 Å². The summed E-state index contributed by atoms with van der Waals surface area (Å²) in [6, 6.07) is 20.3. The minimum atomic E-state index is -1.08. The van der Waals surface area contributed by atoms with Crippen molar-refractivity contribution in [3.8, 4) is 17.1 Å². The molecule has 0 fully saturated rings. The van der Waals surface area contributed by atoms with Crippen LogP contribution in [-0.4, -0.2) is 39.5 Å². The van der Waals surface area contributed by atoms with E-state index >= 15 is 0 Å². The van der Waals surface area contributed by atoms with E-state index in [9.17, 15) is 18.4 Å². The number of nitrogens with one attached hydrogen (secondary N) is 1. The standard InChI is InChI=1S/C24H18F2N4O3S/c1-33-23(32)17-12-20(19(26)13-18(17)25)27-21(31)14-34-24-29-28-22(15-8-4-2-5-9-15)30(24)16-10-6-3-7-11-16/h2-13H,14H2,1H3,(H,27,31). The molecule has 0 bridgehead atoms. The van der Waals surface area contributed by atoms with Crippen LogP contribution in [0, 0.1) is 11.6 Å². The lowest BCUT2D eigenvalue weighted by Gasteiger charge is -2.11. The first-order valence-electron chi connectivity index (χ1n) is 10.0. The van der Waals surface area contributed by atoms with Crippen LogP contribution in [0.5, 0.6) is 0 Å². The second kappa shape index (κ2) is 10.3. The van der Waals surface area contributed by atoms with E-state index in [0.717, 1.165) is 36.2 Å². The van der Waals surface area contributed by atoms with Crippen LogP contribution in [0.3, 0.4) is 0 Å². The van der Waals surface area contributed by atoms with Crippen LogP contribution < -0.4 is 5.32 Å². The van der Waals surface area contributed by atoms with Crippen LogP contribution in [0.2, 0.25) is 0 Å². The molecule has 0 unspecified atom stereocenters. The lowest BCUT2D eigenvalue weighted by Crippen LogP contribution is -2.17. The first kappa shape index (κ1) is 23.1. The predicted molar refractivity (Wildman–Crippen MR) is 124 cm³/mol. The molecule has 1 heterocycles. The second-order valence-corrected chi connectivity index (χ2v) is 7.93. The number of halogens is 2. The molecule has 0 spiro atoms. The number of anilines is 1. The quantitative estimate of drug-likeness (QED) is 0.304. The number of esters is 1. The molecule has 1 aromatic heterocycles. The minimum absolute atomic E-state index is 0.135. The average molecular weight is 480 g/mol. The lowest BCUT2D eigenvalue weighted by molar-refractivity contribution is -0.113. The maximum Gasteiger partial charge on any atom is 0.340 e. The van der Waals surface area contributed by atoms with Crippen molar-refractivity contribution in [2.24, 2.45) is 0 Å². The summed E-state index contributed by atoms with van der Waals surface area (Å²) in [5, 5.41) is 11.3. The number of ether oxygens (including phenoxy) is 1. The zero-order valence-corrected chi connectivity index (χ0v) is 18.7. The van der Waals surface area contributed by atoms with E-state index < -0.39 is 29.1 Å². The summed E-state index contributed by atoms with van der Waals surface area (Å²) in [5.41, 5.74) is 0.838. The number of hydrogen-bond acceptors (Lipinski definition) is 6. The maximum absolute atomic E-state index is 14.2. The smallest absolute Gasteiger partial charge is 0.340 e. The monoisotopic (exact) mass is 480 g/mol. The van der Waals surface area contributed by atoms with Crippen molar-refractivity contribution in [3.63, 3.8) is 0 Å². The van der Waals surface area contributed by atoms with Gasteiger partial charge in [-0.3, -0.25) is 9.36 Å². The number of methoxy groups -OCH3 is 1. The molecular formula is C24H18F2N4O3S. The third kappa shape index (κ3) is 4.96. The van der Waals surface area contributed by atoms with Gasteiger partial charge in [-0.2, -0.15) is 0 Å². The first-order chi connectivity index (χ1) is 16.5. The molecule has 0 saturated carbocycles. The molecule has 7 nitrogen and oxygen atoms in total. The van der Waals surface area contributed by atoms with Gasteiger partial charge < -0.3 is 10.1 Å². The Morgan fingerprint density at radius 2 is 1.65 bits per heavy atom. The molecule has 172 valence electrons. The number of carbonyl (C=O) groups excluding carboxylic acids is 2. The number of rotatable bonds is 7. The van der Waals surface area contributed by atoms with Gasteiger partial charge in [-0.1, -0.05) is 60.3 Å². The van der Waals surface area contributed by atoms with Crippen molar-refractivity contribution in [2.75, 3.05) is 18.2 Å². The van der Waals surface area contributed by atoms with E-state index in [4.69, 9.17) is 0 Å². The molecule has 10 heteroatoms. The zero-order valence-electron chi connectivity index (χ0n) is 17.9. The number of benzene rings is 3. The maximum atomic E-state index is 14.2. The normalized spacial score (nSPS) is 10.7. The van der Waals surface area contributed by atoms with Crippen molar-refractivity contribution in [2.45, 2.75) is 5.16 Å². The molecule has 1 N–H and O–H groups in total. The van der Waals surface area contributed by atoms with Gasteiger partial charge in [0.05, 0.1) is 24.1 Å². The Morgan fingerprint density at radius 3 is 2.32 bits per heavy atom. The van der Waals surface area contributed by atoms with E-state index in [1.165, 1.54) is 0 Å². The van der Waals surface area contributed by atoms with Crippen molar-refractivity contribution in [3.05, 3.63) is 90.0 Å². The number of hydrogen-bond donors (Lipinski definition) is 1. The van der Waals surface area contributed by atoms with E-state index in [0.29, 0.717) is 17.0 Å². The third-order valence-electron chi connectivity index (χ3n) is 4.75. The molecule has 0 saturated heterocycles. The molecule has 34 heavy (non-hydrogen) atoms. The highest BCUT2D eigenvalue weighted by Crippen LogP contribution is 2.28. The molecule has 0 radical (unpaired) electrons. The highest BCUT2D eigenvalue weighted by molar-refractivity contribution is 7.99. The molecule has 3 aromatic carbocycles. The fourth-order valence-electron chi connectivity index (χ4n) is 3.17. The largest absolute Gasteiger partial charge is 0.465 e. The zero-order chi connectivity index (χ0) is 24.1. The van der Waals surface area contributed by atoms with E-state index in [2.05, 4.69) is 20.3 Å². The predicted octanol–water partition coefficient (Wildman–Crippen LogP) is 4.73. The summed E-state index contributed by atoms with van der Waals surface area (Å²) in [4.78, 5) is 24.2. The van der Waals surface area contributed by atoms with Crippen molar-refractivity contribution in [1.82, 2.24) is 14.8 Å². The molecular weight excluding hydrogens is 462 g/mol. The van der Waals surface area contributed by atoms with Crippen LogP contribution in [0.1, 0.15) is 10.4 Å². The number of thioether (sulfide) groups is 1. The molecule has 0 aliphatic rings. The van der Waals surface area contributed by atoms with E-state index in [1.54, 1.807) is 0 Å². The molecule has 0 aliphatic carbocycles. The second-order valence-electron chi connectivity index (χ2n) is 6.98. The van der Waals surface area contributed by atoms with Crippen LogP contribution >= 0.6 is 11.8 Å². The number of para-hydroxylation sites is 1. The number of carbonyl (C=O) groups is 2. The van der Waals surface area contributed by atoms with E-state index in [-0.39, 0.29) is 11.4 Å². The van der Waals surface area contributed by atoms with Gasteiger partial charge in [0.15, 0.2) is 11.0 Å². The Kier molecular flexibility index (Phi) is 6.98. The fraction of sp³-hybridized carbons (Fsp3) is 0.0833. The number of aromatic nitrogens is 3. The highest BCUT2D eigenvalue weighted by atomic mass is 32.2. The van der Waals surface area contributed by atoms with Crippen LogP contribution in [0.25, 0.3) is 17.1 Å². The Balaban J connectivity index is 1.56. The minimum Gasteiger partial charge on any atom is -0.465 e. The number of amides is 1. The Hall–Kier alpha value is -4.05. The summed E-state index contributed by atoms with van der Waals surface area (Å²) in [6.45, 7) is 0. The van der Waals surface area contributed by atoms with Gasteiger partial charge in [0.2, 0.25) is 5.91 Å². The summed E-state index contributed by atoms with van der Waals surface area (Å²) < 4.78 is 34.3. The average Bonchev–Trinajstić information content (AvgIpc) is 3.29. The van der Waals surface area contributed by atoms with Crippen molar-refractivity contribution < 1.29 is 23.1 Å². The van der Waals surface area contributed by atoms with Gasteiger partial charge in [-0.15, -0.1) is 10.2 Å². The van der Waals surface area contributed by atoms with E-state index in [1.807, 2.05) is 65.2 Å². The molecule has 4 rings (SSSR count). The topological polar surface area (TPSA) is 86.1 Å². The Labute approximate surface area is 197 Å². The third-order valence-corrected chi connectivity index (χ3v) is 5.68. The molecule has 0 aliphatic heterocycles. The lowest BCUT2D eigenvalue weighted by atomic mass is 10.1. The summed E-state index contributed by atoms with van der Waals surface area (Å²) in [7, 11) is 1.08. The van der Waals surface area contributed by atoms with Crippen molar-refractivity contribution in [1.29, 1.82) is 0 Å². The summed E-state index contributed by atoms with van der Waals surface area (Å²) in [6.07, 6.45) is 0. The fourth-order valence-corrected chi connectivity index (χ4v) is 3.93. The molecule has 0 atom stereocenters. The van der Waals surface area contributed by atoms with Crippen LogP contribution in [-0.2, 0) is 9.53 Å². The summed E-state index contributed by atoms with van der Waals surface area (Å²) >= 11 is 1.10. The molecule has 1 amide bonds. The van der Waals surface area contributed by atoms with Gasteiger partial charge in [0, 0.05) is 17.3 Å². The number of nitrogens with zero attached hydrogens (tertiary/aromatic N) is 3. The summed E-state index contributed by atoms with van der Waals surface area (Å²) in [5.74, 6) is -3.18. The first-order valence-corrected chi connectivity index (χ1v) is 11.0. The van der Waals surface area contributed by atoms with Gasteiger partial charge in [0.25, 0.3) is 0 Å². The van der Waals surface area contributed by atoms with Crippen molar-refractivity contribution >= 4 is 29.3 Å². The highest BCUT2D eigenvalue weighted by Gasteiger charge is 2.20. The SMILES string of the molecule is COC(=O)c1cc(NC(=O)CSc2nnc(-c3ccccc3)n2-c2ccccc2)c(F)cc1F. The van der Waals surface area contributed by atoms with Crippen LogP contribution in [0.4, 0.5) is 14.5 Å². The van der Waals surface area contributed by atoms with Gasteiger partial charge in [-0.05, 0) is 18.2 Å². The Bertz CT molecular complexity index is 1330.